The number of hydrogen-bond donors (Lipinski definition) is 0. The first-order chi connectivity index (χ1) is 16.8. The number of hydrogen-bond acceptors (Lipinski definition) is 4. The summed E-state index contributed by atoms with van der Waals surface area (Å²) >= 11 is 0. The van der Waals surface area contributed by atoms with Crippen molar-refractivity contribution in [3.05, 3.63) is 112 Å². The third-order valence-corrected chi connectivity index (χ3v) is 6.37. The van der Waals surface area contributed by atoms with E-state index >= 15 is 0 Å². The van der Waals surface area contributed by atoms with Gasteiger partial charge in [0.05, 0.1) is 6.61 Å². The summed E-state index contributed by atoms with van der Waals surface area (Å²) < 4.78 is 6.40. The predicted octanol–water partition coefficient (Wildman–Crippen LogP) is 5.98. The Labute approximate surface area is 202 Å². The van der Waals surface area contributed by atoms with E-state index in [1.54, 1.807) is 0 Å². The Morgan fingerprint density at radius 3 is 2.03 bits per heavy atom. The Morgan fingerprint density at radius 1 is 0.794 bits per heavy atom. The molecule has 1 saturated heterocycles. The normalized spacial score (nSPS) is 14.7. The van der Waals surface area contributed by atoms with Gasteiger partial charge < -0.3 is 9.64 Å². The molecule has 0 amide bonds. The second-order valence-electron chi connectivity index (χ2n) is 8.72. The molecule has 3 aromatic rings. The van der Waals surface area contributed by atoms with Crippen LogP contribution in [0.4, 0.5) is 5.69 Å². The summed E-state index contributed by atoms with van der Waals surface area (Å²) in [5, 5.41) is 3.70. The van der Waals surface area contributed by atoms with Crippen LogP contribution in [0.2, 0.25) is 0 Å². The van der Waals surface area contributed by atoms with Crippen LogP contribution in [0.15, 0.2) is 90.0 Å². The molecule has 4 rings (SSSR count). The first kappa shape index (κ1) is 24.0. The van der Waals surface area contributed by atoms with Crippen molar-refractivity contribution >= 4 is 5.69 Å². The van der Waals surface area contributed by atoms with E-state index in [1.807, 2.05) is 30.3 Å². The highest BCUT2D eigenvalue weighted by Gasteiger charge is 2.18. The van der Waals surface area contributed by atoms with E-state index < -0.39 is 0 Å². The largest absolute Gasteiger partial charge is 0.367 e. The number of ether oxygens (including phenoxy) is 1. The summed E-state index contributed by atoms with van der Waals surface area (Å²) in [7, 11) is 0. The molecule has 34 heavy (non-hydrogen) atoms. The summed E-state index contributed by atoms with van der Waals surface area (Å²) in [5.74, 6) is 0. The molecule has 0 spiro atoms. The number of aryl methyl sites for hydroxylation is 1. The minimum absolute atomic E-state index is 0.0268. The van der Waals surface area contributed by atoms with Crippen molar-refractivity contribution in [1.29, 1.82) is 0 Å². The number of benzene rings is 3. The Balaban J connectivity index is 1.18. The van der Waals surface area contributed by atoms with Crippen LogP contribution in [0.5, 0.6) is 0 Å². The number of nitrogens with zero attached hydrogens (tertiary/aromatic N) is 5. The molecule has 1 fully saturated rings. The molecule has 1 aliphatic heterocycles. The Hall–Kier alpha value is -3.15. The van der Waals surface area contributed by atoms with Crippen LogP contribution in [0.25, 0.3) is 10.4 Å². The van der Waals surface area contributed by atoms with Gasteiger partial charge in [0.2, 0.25) is 0 Å². The number of piperazine rings is 1. The quantitative estimate of drug-likeness (QED) is 0.203. The molecule has 3 aromatic carbocycles. The SMILES string of the molecule is [N-]=[N+]=Nc1cccc(CCCN2CCN(CCOC(c3ccccc3)c3ccccc3)CC2)c1. The molecule has 0 atom stereocenters. The Kier molecular flexibility index (Phi) is 9.12. The highest BCUT2D eigenvalue weighted by molar-refractivity contribution is 5.40. The van der Waals surface area contributed by atoms with Crippen LogP contribution < -0.4 is 0 Å². The molecule has 1 heterocycles. The van der Waals surface area contributed by atoms with Crippen LogP contribution in [0, 0.1) is 0 Å². The summed E-state index contributed by atoms with van der Waals surface area (Å²) in [4.78, 5) is 7.93. The van der Waals surface area contributed by atoms with Crippen LogP contribution in [-0.2, 0) is 11.2 Å². The Bertz CT molecular complexity index is 1010. The fourth-order valence-electron chi connectivity index (χ4n) is 4.51. The van der Waals surface area contributed by atoms with Gasteiger partial charge in [-0.2, -0.15) is 0 Å². The average Bonchev–Trinajstić information content (AvgIpc) is 2.89. The fraction of sp³-hybridized carbons (Fsp3) is 0.357. The zero-order valence-corrected chi connectivity index (χ0v) is 19.7. The maximum atomic E-state index is 8.60. The van der Waals surface area contributed by atoms with Gasteiger partial charge in [-0.25, -0.2) is 0 Å². The molecule has 0 radical (unpaired) electrons. The van der Waals surface area contributed by atoms with Gasteiger partial charge in [0, 0.05) is 43.3 Å². The van der Waals surface area contributed by atoms with Crippen LogP contribution in [-0.4, -0.2) is 55.7 Å². The number of azide groups is 1. The lowest BCUT2D eigenvalue weighted by atomic mass is 10.0. The lowest BCUT2D eigenvalue weighted by molar-refractivity contribution is 0.0451. The van der Waals surface area contributed by atoms with Gasteiger partial charge in [-0.1, -0.05) is 84.0 Å². The zero-order chi connectivity index (χ0) is 23.4. The van der Waals surface area contributed by atoms with Crippen molar-refractivity contribution in [2.75, 3.05) is 45.9 Å². The van der Waals surface area contributed by atoms with E-state index in [9.17, 15) is 0 Å². The fourth-order valence-corrected chi connectivity index (χ4v) is 4.51. The minimum atomic E-state index is -0.0268. The van der Waals surface area contributed by atoms with Crippen molar-refractivity contribution in [3.8, 4) is 0 Å². The van der Waals surface area contributed by atoms with E-state index in [0.29, 0.717) is 5.69 Å². The minimum Gasteiger partial charge on any atom is -0.367 e. The van der Waals surface area contributed by atoms with Crippen LogP contribution in [0.3, 0.4) is 0 Å². The second-order valence-corrected chi connectivity index (χ2v) is 8.72. The van der Waals surface area contributed by atoms with Gasteiger partial charge in [-0.15, -0.1) is 0 Å². The van der Waals surface area contributed by atoms with Gasteiger partial charge >= 0.3 is 0 Å². The molecule has 0 aromatic heterocycles. The third-order valence-electron chi connectivity index (χ3n) is 6.37. The molecule has 6 nitrogen and oxygen atoms in total. The second kappa shape index (κ2) is 12.9. The summed E-state index contributed by atoms with van der Waals surface area (Å²) in [6.45, 7) is 7.12. The van der Waals surface area contributed by atoms with Crippen molar-refractivity contribution < 1.29 is 4.74 Å². The third kappa shape index (κ3) is 7.17. The summed E-state index contributed by atoms with van der Waals surface area (Å²) in [5.41, 5.74) is 12.9. The van der Waals surface area contributed by atoms with Crippen LogP contribution >= 0.6 is 0 Å². The van der Waals surface area contributed by atoms with Gasteiger partial charge in [0.1, 0.15) is 6.10 Å². The molecule has 0 N–H and O–H groups in total. The van der Waals surface area contributed by atoms with E-state index in [-0.39, 0.29) is 6.10 Å². The van der Waals surface area contributed by atoms with E-state index in [1.165, 1.54) is 16.7 Å². The summed E-state index contributed by atoms with van der Waals surface area (Å²) in [6, 6.07) is 28.8. The smallest absolute Gasteiger partial charge is 0.108 e. The lowest BCUT2D eigenvalue weighted by Gasteiger charge is -2.35. The van der Waals surface area contributed by atoms with Gasteiger partial charge in [-0.3, -0.25) is 4.90 Å². The van der Waals surface area contributed by atoms with Crippen molar-refractivity contribution in [2.45, 2.75) is 18.9 Å². The summed E-state index contributed by atoms with van der Waals surface area (Å²) in [6.07, 6.45) is 2.09. The molecule has 0 aliphatic carbocycles. The predicted molar refractivity (Wildman–Crippen MR) is 137 cm³/mol. The average molecular weight is 456 g/mol. The molecule has 176 valence electrons. The molecule has 0 saturated carbocycles. The molecular weight excluding hydrogens is 422 g/mol. The molecule has 1 aliphatic rings. The van der Waals surface area contributed by atoms with E-state index in [2.05, 4.69) is 74.4 Å². The van der Waals surface area contributed by atoms with Crippen molar-refractivity contribution in [2.24, 2.45) is 5.11 Å². The van der Waals surface area contributed by atoms with Crippen molar-refractivity contribution in [1.82, 2.24) is 9.80 Å². The van der Waals surface area contributed by atoms with Gasteiger partial charge in [-0.05, 0) is 47.7 Å². The van der Waals surface area contributed by atoms with E-state index in [0.717, 1.165) is 58.7 Å². The van der Waals surface area contributed by atoms with Gasteiger partial charge in [0.15, 0.2) is 0 Å². The maximum absolute atomic E-state index is 8.60. The molecule has 6 heteroatoms. The standard InChI is InChI=1S/C28H33N5O/c29-31-30-27-15-7-9-24(23-27)10-8-16-32-17-19-33(20-18-32)21-22-34-28(25-11-3-1-4-12-25)26-13-5-2-6-14-26/h1-7,9,11-15,23,28H,8,10,16-22H2. The Morgan fingerprint density at radius 2 is 1.41 bits per heavy atom. The first-order valence-electron chi connectivity index (χ1n) is 12.1. The molecular formula is C28H33N5O. The highest BCUT2D eigenvalue weighted by atomic mass is 16.5. The zero-order valence-electron chi connectivity index (χ0n) is 19.7. The van der Waals surface area contributed by atoms with Crippen LogP contribution in [0.1, 0.15) is 29.2 Å². The van der Waals surface area contributed by atoms with Crippen molar-refractivity contribution in [3.63, 3.8) is 0 Å². The highest BCUT2D eigenvalue weighted by Crippen LogP contribution is 2.25. The molecule has 0 bridgehead atoms. The monoisotopic (exact) mass is 455 g/mol. The first-order valence-corrected chi connectivity index (χ1v) is 12.1. The maximum Gasteiger partial charge on any atom is 0.108 e. The lowest BCUT2D eigenvalue weighted by Crippen LogP contribution is -2.47. The molecule has 0 unspecified atom stereocenters. The van der Waals surface area contributed by atoms with E-state index in [4.69, 9.17) is 10.3 Å². The van der Waals surface area contributed by atoms with Gasteiger partial charge in [0.25, 0.3) is 0 Å². The topological polar surface area (TPSA) is 64.5 Å². The number of rotatable bonds is 11.